The minimum absolute atomic E-state index is 0.177. The molecule has 0 spiro atoms. The summed E-state index contributed by atoms with van der Waals surface area (Å²) in [5, 5.41) is 11.1. The number of rotatable bonds is 10. The maximum absolute atomic E-state index is 12.7. The van der Waals surface area contributed by atoms with E-state index in [4.69, 9.17) is 14.3 Å². The lowest BCUT2D eigenvalue weighted by molar-refractivity contribution is -0.124. The Kier molecular flexibility index (Phi) is 7.18. The van der Waals surface area contributed by atoms with E-state index in [1.54, 1.807) is 0 Å². The highest BCUT2D eigenvalue weighted by molar-refractivity contribution is 7.89. The Balaban J connectivity index is 1.97. The number of carboxylic acid groups (broad SMARTS) is 1. The maximum atomic E-state index is 12.7. The van der Waals surface area contributed by atoms with Crippen molar-refractivity contribution in [2.45, 2.75) is 43.7 Å². The number of ether oxygens (including phenoxy) is 1. The van der Waals surface area contributed by atoms with Gasteiger partial charge in [-0.3, -0.25) is 4.79 Å². The number of carbonyl (C=O) groups excluding carboxylic acids is 1. The first-order chi connectivity index (χ1) is 12.4. The molecule has 1 fully saturated rings. The third-order valence-electron chi connectivity index (χ3n) is 4.05. The van der Waals surface area contributed by atoms with E-state index in [1.165, 1.54) is 0 Å². The number of unbranched alkanes of at least 4 members (excludes halogenated alkanes) is 1. The third kappa shape index (κ3) is 4.83. The largest absolute Gasteiger partial charge is 0.475 e. The minimum Gasteiger partial charge on any atom is -0.475 e. The van der Waals surface area contributed by atoms with E-state index in [-0.39, 0.29) is 6.54 Å². The fourth-order valence-corrected chi connectivity index (χ4v) is 4.26. The van der Waals surface area contributed by atoms with E-state index in [2.05, 4.69) is 12.2 Å². The van der Waals surface area contributed by atoms with Crippen LogP contribution in [-0.4, -0.2) is 62.1 Å². The number of aromatic carboxylic acids is 1. The summed E-state index contributed by atoms with van der Waals surface area (Å²) in [5.74, 6) is -2.21. The van der Waals surface area contributed by atoms with E-state index in [0.29, 0.717) is 32.6 Å². The number of amides is 1. The number of nitrogens with zero attached hydrogens (tertiary/aromatic N) is 1. The summed E-state index contributed by atoms with van der Waals surface area (Å²) in [6.45, 7) is 3.53. The van der Waals surface area contributed by atoms with Gasteiger partial charge in [0.15, 0.2) is 0 Å². The molecule has 1 aromatic rings. The zero-order valence-electron chi connectivity index (χ0n) is 14.6. The zero-order valence-corrected chi connectivity index (χ0v) is 15.5. The number of carboxylic acids is 1. The van der Waals surface area contributed by atoms with E-state index in [1.807, 2.05) is 0 Å². The molecule has 2 rings (SSSR count). The van der Waals surface area contributed by atoms with Crippen LogP contribution in [0.4, 0.5) is 0 Å². The molecular weight excluding hydrogens is 364 g/mol. The Hall–Kier alpha value is -1.91. The molecule has 1 atom stereocenters. The number of hydrogen-bond donors (Lipinski definition) is 2. The van der Waals surface area contributed by atoms with Crippen molar-refractivity contribution in [3.05, 3.63) is 17.9 Å². The molecule has 0 saturated carbocycles. The van der Waals surface area contributed by atoms with Crippen molar-refractivity contribution in [1.82, 2.24) is 9.62 Å². The van der Waals surface area contributed by atoms with Crippen molar-refractivity contribution in [3.8, 4) is 0 Å². The molecule has 0 bridgehead atoms. The topological polar surface area (TPSA) is 126 Å². The molecule has 1 aliphatic heterocycles. The lowest BCUT2D eigenvalue weighted by atomic mass is 10.2. The molecule has 1 aliphatic rings. The molecule has 9 nitrogen and oxygen atoms in total. The highest BCUT2D eigenvalue weighted by Crippen LogP contribution is 2.27. The third-order valence-corrected chi connectivity index (χ3v) is 5.83. The van der Waals surface area contributed by atoms with Gasteiger partial charge in [0.2, 0.25) is 16.8 Å². The fourth-order valence-electron chi connectivity index (χ4n) is 2.69. The Morgan fingerprint density at radius 1 is 1.38 bits per heavy atom. The van der Waals surface area contributed by atoms with E-state index in [0.717, 1.165) is 29.3 Å². The van der Waals surface area contributed by atoms with Crippen LogP contribution in [-0.2, 0) is 19.6 Å². The molecule has 1 amide bonds. The number of sulfonamides is 1. The van der Waals surface area contributed by atoms with E-state index >= 15 is 0 Å². The van der Waals surface area contributed by atoms with Crippen LogP contribution in [0.3, 0.4) is 0 Å². The second kappa shape index (κ2) is 9.15. The Morgan fingerprint density at radius 3 is 2.81 bits per heavy atom. The summed E-state index contributed by atoms with van der Waals surface area (Å²) in [5.41, 5.74) is 0. The zero-order chi connectivity index (χ0) is 19.2. The van der Waals surface area contributed by atoms with Crippen LogP contribution in [0.2, 0.25) is 0 Å². The lowest BCUT2D eigenvalue weighted by Gasteiger charge is -2.22. The molecule has 0 radical (unpaired) electrons. The van der Waals surface area contributed by atoms with E-state index < -0.39 is 38.8 Å². The second-order valence-electron chi connectivity index (χ2n) is 5.95. The van der Waals surface area contributed by atoms with Crippen molar-refractivity contribution in [2.75, 3.05) is 26.3 Å². The molecule has 1 aromatic heterocycles. The molecular formula is C16H24N2O7S. The molecule has 2 heterocycles. The average molecular weight is 388 g/mol. The highest BCUT2D eigenvalue weighted by atomic mass is 32.2. The molecule has 1 saturated heterocycles. The highest BCUT2D eigenvalue weighted by Gasteiger charge is 2.41. The van der Waals surface area contributed by atoms with Gasteiger partial charge in [0.05, 0.1) is 6.61 Å². The molecule has 2 N–H and O–H groups in total. The van der Waals surface area contributed by atoms with Gasteiger partial charge in [0, 0.05) is 19.7 Å². The maximum Gasteiger partial charge on any atom is 0.371 e. The van der Waals surface area contributed by atoms with Gasteiger partial charge in [-0.25, -0.2) is 13.2 Å². The first-order valence-corrected chi connectivity index (χ1v) is 10.0. The standard InChI is InChI=1S/C16H24N2O7S/c1-2-3-10-24-11-8-17-15(19)12-5-4-9-18(12)26(22,23)14-7-6-13(25-14)16(20)21/h6-7,12H,2-5,8-11H2,1H3,(H,17,19)(H,20,21). The predicted octanol–water partition coefficient (Wildman–Crippen LogP) is 1.06. The number of hydrogen-bond acceptors (Lipinski definition) is 6. The van der Waals surface area contributed by atoms with Crippen LogP contribution in [0.5, 0.6) is 0 Å². The van der Waals surface area contributed by atoms with Crippen LogP contribution in [0.25, 0.3) is 0 Å². The molecule has 146 valence electrons. The molecule has 0 aromatic carbocycles. The van der Waals surface area contributed by atoms with Gasteiger partial charge in [-0.2, -0.15) is 4.31 Å². The number of carbonyl (C=O) groups is 2. The minimum atomic E-state index is -4.08. The predicted molar refractivity (Wildman–Crippen MR) is 91.3 cm³/mol. The van der Waals surface area contributed by atoms with Crippen molar-refractivity contribution in [1.29, 1.82) is 0 Å². The summed E-state index contributed by atoms with van der Waals surface area (Å²) in [7, 11) is -4.08. The average Bonchev–Trinajstić information content (AvgIpc) is 3.27. The first kappa shape index (κ1) is 20.4. The van der Waals surface area contributed by atoms with Crippen molar-refractivity contribution >= 4 is 21.9 Å². The van der Waals surface area contributed by atoms with Crippen LogP contribution in [0.1, 0.15) is 43.2 Å². The smallest absolute Gasteiger partial charge is 0.371 e. The van der Waals surface area contributed by atoms with Crippen LogP contribution >= 0.6 is 0 Å². The summed E-state index contributed by atoms with van der Waals surface area (Å²) in [6.07, 6.45) is 2.91. The van der Waals surface area contributed by atoms with Crippen LogP contribution in [0.15, 0.2) is 21.6 Å². The quantitative estimate of drug-likeness (QED) is 0.574. The SMILES string of the molecule is CCCCOCCNC(=O)C1CCCN1S(=O)(=O)c1ccc(C(=O)O)o1. The molecule has 26 heavy (non-hydrogen) atoms. The Labute approximate surface area is 152 Å². The summed E-state index contributed by atoms with van der Waals surface area (Å²) in [4.78, 5) is 23.2. The van der Waals surface area contributed by atoms with Gasteiger partial charge in [-0.1, -0.05) is 13.3 Å². The first-order valence-electron chi connectivity index (χ1n) is 8.58. The number of nitrogens with one attached hydrogen (secondary N) is 1. The summed E-state index contributed by atoms with van der Waals surface area (Å²) >= 11 is 0. The van der Waals surface area contributed by atoms with Crippen LogP contribution in [0, 0.1) is 0 Å². The second-order valence-corrected chi connectivity index (χ2v) is 7.78. The molecule has 0 aliphatic carbocycles. The van der Waals surface area contributed by atoms with E-state index in [9.17, 15) is 18.0 Å². The Morgan fingerprint density at radius 2 is 2.15 bits per heavy atom. The summed E-state index contributed by atoms with van der Waals surface area (Å²) in [6, 6.07) is 1.33. The van der Waals surface area contributed by atoms with Crippen LogP contribution < -0.4 is 5.32 Å². The van der Waals surface area contributed by atoms with Gasteiger partial charge in [-0.05, 0) is 31.4 Å². The Bertz CT molecular complexity index is 729. The molecule has 10 heteroatoms. The van der Waals surface area contributed by atoms with Gasteiger partial charge in [0.25, 0.3) is 10.0 Å². The van der Waals surface area contributed by atoms with Crippen molar-refractivity contribution < 1.29 is 32.3 Å². The lowest BCUT2D eigenvalue weighted by Crippen LogP contribution is -2.46. The molecule has 1 unspecified atom stereocenters. The normalized spacial score (nSPS) is 18.1. The fraction of sp³-hybridized carbons (Fsp3) is 0.625. The number of furan rings is 1. The van der Waals surface area contributed by atoms with Gasteiger partial charge in [0.1, 0.15) is 6.04 Å². The summed E-state index contributed by atoms with van der Waals surface area (Å²) < 4.78 is 36.7. The van der Waals surface area contributed by atoms with Crippen molar-refractivity contribution in [3.63, 3.8) is 0 Å². The van der Waals surface area contributed by atoms with Gasteiger partial charge < -0.3 is 19.6 Å². The van der Waals surface area contributed by atoms with Crippen molar-refractivity contribution in [2.24, 2.45) is 0 Å². The monoisotopic (exact) mass is 388 g/mol. The van der Waals surface area contributed by atoms with Gasteiger partial charge >= 0.3 is 5.97 Å². The van der Waals surface area contributed by atoms with Gasteiger partial charge in [-0.15, -0.1) is 0 Å².